The first-order chi connectivity index (χ1) is 10.0. The van der Waals surface area contributed by atoms with Gasteiger partial charge in [-0.25, -0.2) is 0 Å². The van der Waals surface area contributed by atoms with E-state index in [1.807, 2.05) is 13.0 Å². The number of nitrogens with one attached hydrogen (secondary N) is 1. The Kier molecular flexibility index (Phi) is 7.98. The molecule has 21 heavy (non-hydrogen) atoms. The number of benzene rings is 1. The molecule has 2 N–H and O–H groups in total. The fourth-order valence-corrected chi connectivity index (χ4v) is 2.07. The molecule has 1 aromatic rings. The van der Waals surface area contributed by atoms with Crippen LogP contribution in [0.1, 0.15) is 18.9 Å². The molecule has 0 amide bonds. The third-order valence-corrected chi connectivity index (χ3v) is 4.47. The highest BCUT2D eigenvalue weighted by atomic mass is 32.2. The summed E-state index contributed by atoms with van der Waals surface area (Å²) in [6, 6.07) is 8.79. The van der Waals surface area contributed by atoms with E-state index in [0.29, 0.717) is 24.4 Å². The van der Waals surface area contributed by atoms with Gasteiger partial charge in [-0.15, -0.1) is 0 Å². The molecule has 0 radical (unpaired) electrons. The van der Waals surface area contributed by atoms with Crippen LogP contribution in [0.25, 0.3) is 0 Å². The number of ether oxygens (including phenoxy) is 1. The Morgan fingerprint density at radius 2 is 2.10 bits per heavy atom. The quantitative estimate of drug-likeness (QED) is 0.666. The van der Waals surface area contributed by atoms with Crippen molar-refractivity contribution in [3.63, 3.8) is 0 Å². The molecule has 3 atom stereocenters. The van der Waals surface area contributed by atoms with Gasteiger partial charge in [0.05, 0.1) is 11.6 Å². The molecule has 0 aliphatic rings. The number of hydrogen-bond acceptors (Lipinski definition) is 5. The number of hydrogen-bond donors (Lipinski definition) is 2. The van der Waals surface area contributed by atoms with Crippen molar-refractivity contribution in [1.82, 2.24) is 5.32 Å². The Morgan fingerprint density at radius 3 is 2.67 bits per heavy atom. The van der Waals surface area contributed by atoms with Gasteiger partial charge in [-0.05, 0) is 37.2 Å². The van der Waals surface area contributed by atoms with E-state index in [4.69, 9.17) is 10.00 Å². The summed E-state index contributed by atoms with van der Waals surface area (Å²) in [5.41, 5.74) is 0.576. The second-order valence-corrected chi connectivity index (χ2v) is 6.70. The van der Waals surface area contributed by atoms with Crippen LogP contribution in [-0.2, 0) is 10.8 Å². The summed E-state index contributed by atoms with van der Waals surface area (Å²) in [5, 5.41) is 21.7. The lowest BCUT2D eigenvalue weighted by Crippen LogP contribution is -2.33. The molecular formula is C15H22N2O3S. The van der Waals surface area contributed by atoms with E-state index in [0.717, 1.165) is 6.42 Å². The van der Waals surface area contributed by atoms with Gasteiger partial charge in [0.25, 0.3) is 0 Å². The Morgan fingerprint density at radius 1 is 1.43 bits per heavy atom. The zero-order chi connectivity index (χ0) is 15.7. The van der Waals surface area contributed by atoms with Gasteiger partial charge in [-0.1, -0.05) is 6.92 Å². The smallest absolute Gasteiger partial charge is 0.119 e. The molecule has 0 aliphatic carbocycles. The summed E-state index contributed by atoms with van der Waals surface area (Å²) in [7, 11) is -0.806. The Hall–Kier alpha value is -1.42. The van der Waals surface area contributed by atoms with Crippen LogP contribution in [0.4, 0.5) is 0 Å². The maximum absolute atomic E-state index is 11.2. The number of aliphatic hydroxyl groups excluding tert-OH is 1. The van der Waals surface area contributed by atoms with Crippen LogP contribution in [-0.4, -0.2) is 46.6 Å². The molecule has 1 aromatic carbocycles. The van der Waals surface area contributed by atoms with Crippen LogP contribution in [0, 0.1) is 11.3 Å². The van der Waals surface area contributed by atoms with Gasteiger partial charge < -0.3 is 15.2 Å². The average molecular weight is 310 g/mol. The second-order valence-electron chi connectivity index (χ2n) is 4.90. The molecule has 0 saturated heterocycles. The predicted octanol–water partition coefficient (Wildman–Crippen LogP) is 1.04. The highest BCUT2D eigenvalue weighted by Crippen LogP contribution is 2.11. The van der Waals surface area contributed by atoms with Crippen molar-refractivity contribution in [3.8, 4) is 11.8 Å². The van der Waals surface area contributed by atoms with Crippen molar-refractivity contribution < 1.29 is 14.1 Å². The van der Waals surface area contributed by atoms with Crippen molar-refractivity contribution >= 4 is 10.8 Å². The SMILES string of the molecule is CC(CCNCC(O)COc1ccc(C#N)cc1)S(C)=O. The fourth-order valence-electron chi connectivity index (χ4n) is 1.62. The largest absolute Gasteiger partial charge is 0.491 e. The van der Waals surface area contributed by atoms with Crippen LogP contribution in [0.5, 0.6) is 5.75 Å². The minimum absolute atomic E-state index is 0.157. The number of nitriles is 1. The Bertz CT molecular complexity index is 485. The molecule has 0 spiro atoms. The average Bonchev–Trinajstić information content (AvgIpc) is 2.49. The summed E-state index contributed by atoms with van der Waals surface area (Å²) >= 11 is 0. The fraction of sp³-hybridized carbons (Fsp3) is 0.533. The monoisotopic (exact) mass is 310 g/mol. The van der Waals surface area contributed by atoms with Crippen molar-refractivity contribution in [2.75, 3.05) is 26.0 Å². The molecule has 1 rings (SSSR count). The van der Waals surface area contributed by atoms with E-state index in [1.165, 1.54) is 0 Å². The van der Waals surface area contributed by atoms with Gasteiger partial charge in [0.1, 0.15) is 18.5 Å². The van der Waals surface area contributed by atoms with E-state index >= 15 is 0 Å². The summed E-state index contributed by atoms with van der Waals surface area (Å²) < 4.78 is 16.6. The third kappa shape index (κ3) is 7.23. The highest BCUT2D eigenvalue weighted by Gasteiger charge is 2.08. The van der Waals surface area contributed by atoms with Crippen LogP contribution in [0.3, 0.4) is 0 Å². The van der Waals surface area contributed by atoms with Crippen LogP contribution >= 0.6 is 0 Å². The predicted molar refractivity (Wildman–Crippen MR) is 83.7 cm³/mol. The molecule has 0 aromatic heterocycles. The van der Waals surface area contributed by atoms with E-state index in [9.17, 15) is 9.32 Å². The maximum Gasteiger partial charge on any atom is 0.119 e. The minimum atomic E-state index is -0.806. The zero-order valence-electron chi connectivity index (χ0n) is 12.4. The molecule has 0 aliphatic heterocycles. The lowest BCUT2D eigenvalue weighted by molar-refractivity contribution is 0.106. The van der Waals surface area contributed by atoms with Crippen LogP contribution in [0.2, 0.25) is 0 Å². The minimum Gasteiger partial charge on any atom is -0.491 e. The second kappa shape index (κ2) is 9.50. The molecular weight excluding hydrogens is 288 g/mol. The van der Waals surface area contributed by atoms with Crippen molar-refractivity contribution in [2.24, 2.45) is 0 Å². The lowest BCUT2D eigenvalue weighted by Gasteiger charge is -2.14. The lowest BCUT2D eigenvalue weighted by atomic mass is 10.2. The number of aliphatic hydroxyl groups is 1. The first-order valence-corrected chi connectivity index (χ1v) is 8.49. The molecule has 0 fully saturated rings. The van der Waals surface area contributed by atoms with Gasteiger partial charge in [-0.3, -0.25) is 4.21 Å². The molecule has 0 bridgehead atoms. The summed E-state index contributed by atoms with van der Waals surface area (Å²) in [6.07, 6.45) is 1.90. The molecule has 5 nitrogen and oxygen atoms in total. The van der Waals surface area contributed by atoms with Crippen molar-refractivity contribution in [3.05, 3.63) is 29.8 Å². The standard InChI is InChI=1S/C15H22N2O3S/c1-12(21(2)19)7-8-17-10-14(18)11-20-15-5-3-13(9-16)4-6-15/h3-6,12,14,17-18H,7-8,10-11H2,1-2H3. The van der Waals surface area contributed by atoms with Gasteiger partial charge >= 0.3 is 0 Å². The van der Waals surface area contributed by atoms with Crippen LogP contribution < -0.4 is 10.1 Å². The molecule has 6 heteroatoms. The summed E-state index contributed by atoms with van der Waals surface area (Å²) in [6.45, 7) is 3.28. The summed E-state index contributed by atoms with van der Waals surface area (Å²) in [4.78, 5) is 0. The molecule has 0 heterocycles. The first kappa shape index (κ1) is 17.6. The maximum atomic E-state index is 11.2. The van der Waals surface area contributed by atoms with Gasteiger partial charge in [0.15, 0.2) is 0 Å². The van der Waals surface area contributed by atoms with Gasteiger partial charge in [0, 0.05) is 28.9 Å². The third-order valence-electron chi connectivity index (χ3n) is 3.10. The number of nitrogens with zero attached hydrogens (tertiary/aromatic N) is 1. The van der Waals surface area contributed by atoms with E-state index in [2.05, 4.69) is 5.32 Å². The van der Waals surface area contributed by atoms with E-state index < -0.39 is 16.9 Å². The van der Waals surface area contributed by atoms with E-state index in [-0.39, 0.29) is 11.9 Å². The topological polar surface area (TPSA) is 82.3 Å². The zero-order valence-corrected chi connectivity index (χ0v) is 13.2. The summed E-state index contributed by atoms with van der Waals surface area (Å²) in [5.74, 6) is 0.628. The first-order valence-electron chi connectivity index (χ1n) is 6.87. The molecule has 0 saturated carbocycles. The molecule has 116 valence electrons. The van der Waals surface area contributed by atoms with Gasteiger partial charge in [-0.2, -0.15) is 5.26 Å². The van der Waals surface area contributed by atoms with Gasteiger partial charge in [0.2, 0.25) is 0 Å². The van der Waals surface area contributed by atoms with Crippen LogP contribution in [0.15, 0.2) is 24.3 Å². The highest BCUT2D eigenvalue weighted by molar-refractivity contribution is 7.84. The van der Waals surface area contributed by atoms with Crippen molar-refractivity contribution in [2.45, 2.75) is 24.7 Å². The Labute approximate surface area is 128 Å². The molecule has 3 unspecified atom stereocenters. The number of rotatable bonds is 9. The normalized spacial score (nSPS) is 15.0. The van der Waals surface area contributed by atoms with Crippen molar-refractivity contribution in [1.29, 1.82) is 5.26 Å². The van der Waals surface area contributed by atoms with E-state index in [1.54, 1.807) is 30.5 Å². The Balaban J connectivity index is 2.17.